The maximum absolute atomic E-state index is 13.8. The Morgan fingerprint density at radius 2 is 1.64 bits per heavy atom. The molecule has 2 amide bonds. The zero-order chi connectivity index (χ0) is 35.4. The van der Waals surface area contributed by atoms with Gasteiger partial charge in [0.1, 0.15) is 22.9 Å². The van der Waals surface area contributed by atoms with Gasteiger partial charge in [-0.25, -0.2) is 18.0 Å². The molecule has 50 heavy (non-hydrogen) atoms. The van der Waals surface area contributed by atoms with E-state index in [1.54, 1.807) is 34.0 Å². The van der Waals surface area contributed by atoms with E-state index in [0.29, 0.717) is 38.3 Å². The maximum Gasteiger partial charge on any atom is 0.343 e. The van der Waals surface area contributed by atoms with Gasteiger partial charge >= 0.3 is 5.97 Å². The monoisotopic (exact) mass is 694 g/mol. The summed E-state index contributed by atoms with van der Waals surface area (Å²) < 4.78 is 54.6. The van der Waals surface area contributed by atoms with Crippen LogP contribution in [0.1, 0.15) is 72.2 Å². The molecule has 4 fully saturated rings. The molecule has 4 aliphatic rings. The Bertz CT molecular complexity index is 1780. The Labute approximate surface area is 288 Å². The highest BCUT2D eigenvalue weighted by Gasteiger charge is 2.60. The van der Waals surface area contributed by atoms with Gasteiger partial charge in [0, 0.05) is 62.5 Å². The number of nitrogens with zero attached hydrogens (tertiary/aromatic N) is 4. The third-order valence-electron chi connectivity index (χ3n) is 11.0. The molecule has 0 bridgehead atoms. The number of benzene rings is 2. The first-order valence-corrected chi connectivity index (χ1v) is 17.1. The van der Waals surface area contributed by atoms with Crippen molar-refractivity contribution in [2.24, 2.45) is 22.7 Å². The molecule has 2 aliphatic carbocycles. The lowest BCUT2D eigenvalue weighted by atomic mass is 9.71. The second-order valence-corrected chi connectivity index (χ2v) is 15.2. The molecule has 1 aromatic heterocycles. The van der Waals surface area contributed by atoms with E-state index in [-0.39, 0.29) is 84.2 Å². The molecule has 1 N–H and O–H groups in total. The van der Waals surface area contributed by atoms with E-state index in [2.05, 4.69) is 18.9 Å². The number of aromatic carboxylic acids is 1. The lowest BCUT2D eigenvalue weighted by molar-refractivity contribution is -0.148. The van der Waals surface area contributed by atoms with E-state index in [9.17, 15) is 32.7 Å². The summed E-state index contributed by atoms with van der Waals surface area (Å²) in [5, 5.41) is 14.5. The number of hydrogen-bond acceptors (Lipinski definition) is 6. The number of alkyl halides is 2. The maximum atomic E-state index is 13.8. The van der Waals surface area contributed by atoms with Crippen LogP contribution in [0.2, 0.25) is 0 Å². The van der Waals surface area contributed by atoms with Crippen molar-refractivity contribution in [1.29, 1.82) is 0 Å². The topological polar surface area (TPSA) is 114 Å². The zero-order valence-electron chi connectivity index (χ0n) is 28.1. The standard InChI is InChI=1S/C37H41F3N4O6/c1-35(2)14-28(35)33(46)43-21-36(22-43)20-42(32(45)24-15-41-44(17-24)16-23-6-8-26(38)9-7-23)18-25(36)19-49-29-4-3-5-30(31(29)34(47)48)50-27-10-12-37(39,40)13-11-27/h3-9,15,17,25,27-28H,10-14,16,18-22H2,1-2H3,(H,47,48)/t25?,28-/m1/s1. The van der Waals surface area contributed by atoms with Crippen molar-refractivity contribution in [2.75, 3.05) is 32.8 Å². The minimum Gasteiger partial charge on any atom is -0.492 e. The number of ether oxygens (including phenoxy) is 2. The van der Waals surface area contributed by atoms with Crippen LogP contribution < -0.4 is 9.47 Å². The molecule has 2 atom stereocenters. The Kier molecular flexibility index (Phi) is 8.58. The lowest BCUT2D eigenvalue weighted by Gasteiger charge is -2.51. The van der Waals surface area contributed by atoms with Gasteiger partial charge in [0.2, 0.25) is 11.8 Å². The first-order valence-electron chi connectivity index (χ1n) is 17.1. The van der Waals surface area contributed by atoms with Gasteiger partial charge in [-0.05, 0) is 54.5 Å². The molecule has 2 aliphatic heterocycles. The van der Waals surface area contributed by atoms with Gasteiger partial charge in [0.25, 0.3) is 5.91 Å². The average Bonchev–Trinajstić information content (AvgIpc) is 3.35. The van der Waals surface area contributed by atoms with Crippen LogP contribution in [-0.2, 0) is 11.3 Å². The minimum absolute atomic E-state index is 0.0168. The van der Waals surface area contributed by atoms with Gasteiger partial charge < -0.3 is 24.4 Å². The third kappa shape index (κ3) is 6.78. The predicted molar refractivity (Wildman–Crippen MR) is 175 cm³/mol. The number of halogens is 3. The largest absolute Gasteiger partial charge is 0.492 e. The van der Waals surface area contributed by atoms with Crippen molar-refractivity contribution in [3.8, 4) is 11.5 Å². The molecular weight excluding hydrogens is 653 g/mol. The molecule has 0 radical (unpaired) electrons. The number of amides is 2. The normalized spacial score (nSPS) is 23.4. The van der Waals surface area contributed by atoms with Crippen LogP contribution in [0.4, 0.5) is 13.2 Å². The fourth-order valence-electron chi connectivity index (χ4n) is 7.72. The summed E-state index contributed by atoms with van der Waals surface area (Å²) in [7, 11) is 0. The lowest BCUT2D eigenvalue weighted by Crippen LogP contribution is -2.63. The van der Waals surface area contributed by atoms with Crippen molar-refractivity contribution in [2.45, 2.75) is 64.5 Å². The summed E-state index contributed by atoms with van der Waals surface area (Å²) in [5.74, 6) is -4.53. The quantitative estimate of drug-likeness (QED) is 0.288. The van der Waals surface area contributed by atoms with E-state index in [1.807, 2.05) is 4.90 Å². The summed E-state index contributed by atoms with van der Waals surface area (Å²) in [6, 6.07) is 10.7. The average molecular weight is 695 g/mol. The van der Waals surface area contributed by atoms with Gasteiger partial charge in [-0.1, -0.05) is 32.0 Å². The van der Waals surface area contributed by atoms with Gasteiger partial charge in [-0.3, -0.25) is 14.3 Å². The van der Waals surface area contributed by atoms with E-state index in [4.69, 9.17) is 9.47 Å². The van der Waals surface area contributed by atoms with E-state index < -0.39 is 23.4 Å². The van der Waals surface area contributed by atoms with Crippen LogP contribution in [0.3, 0.4) is 0 Å². The highest BCUT2D eigenvalue weighted by Crippen LogP contribution is 2.54. The second-order valence-electron chi connectivity index (χ2n) is 15.2. The summed E-state index contributed by atoms with van der Waals surface area (Å²) in [5.41, 5.74) is 0.583. The highest BCUT2D eigenvalue weighted by molar-refractivity contribution is 5.95. The minimum atomic E-state index is -2.74. The zero-order valence-corrected chi connectivity index (χ0v) is 28.1. The fourth-order valence-corrected chi connectivity index (χ4v) is 7.72. The number of likely N-dealkylation sites (tertiary alicyclic amines) is 2. The highest BCUT2D eigenvalue weighted by atomic mass is 19.3. The number of carbonyl (C=O) groups excluding carboxylic acids is 2. The molecule has 2 saturated heterocycles. The van der Waals surface area contributed by atoms with E-state index in [0.717, 1.165) is 12.0 Å². The SMILES string of the molecule is CC1(C)C[C@@H]1C(=O)N1CC2(CN(C(=O)c3cnn(Cc4ccc(F)cc4)c3)CC2COc2cccc(OC3CCC(F)(F)CC3)c2C(=O)O)C1. The Hall–Kier alpha value is -4.55. The molecule has 1 unspecified atom stereocenters. The van der Waals surface area contributed by atoms with Crippen LogP contribution in [-0.4, -0.2) is 87.3 Å². The van der Waals surface area contributed by atoms with E-state index >= 15 is 0 Å². The molecule has 13 heteroatoms. The van der Waals surface area contributed by atoms with Gasteiger partial charge in [-0.15, -0.1) is 0 Å². The Balaban J connectivity index is 1.07. The molecule has 2 saturated carbocycles. The Morgan fingerprint density at radius 1 is 0.980 bits per heavy atom. The molecule has 3 aromatic rings. The number of carbonyl (C=O) groups is 3. The molecule has 1 spiro atoms. The number of carboxylic acid groups (broad SMARTS) is 1. The first kappa shape index (κ1) is 33.9. The number of rotatable bonds is 10. The van der Waals surface area contributed by atoms with Crippen LogP contribution in [0, 0.1) is 28.5 Å². The smallest absolute Gasteiger partial charge is 0.343 e. The van der Waals surface area contributed by atoms with Crippen LogP contribution in [0.5, 0.6) is 11.5 Å². The summed E-state index contributed by atoms with van der Waals surface area (Å²) >= 11 is 0. The molecule has 266 valence electrons. The fraction of sp³-hybridized carbons (Fsp3) is 0.514. The van der Waals surface area contributed by atoms with Gasteiger partial charge in [0.15, 0.2) is 0 Å². The van der Waals surface area contributed by atoms with Gasteiger partial charge in [0.05, 0.1) is 31.0 Å². The molecule has 10 nitrogen and oxygen atoms in total. The van der Waals surface area contributed by atoms with Crippen LogP contribution >= 0.6 is 0 Å². The van der Waals surface area contributed by atoms with Crippen LogP contribution in [0.25, 0.3) is 0 Å². The van der Waals surface area contributed by atoms with Crippen molar-refractivity contribution < 1.29 is 42.1 Å². The van der Waals surface area contributed by atoms with Crippen molar-refractivity contribution in [3.63, 3.8) is 0 Å². The number of hydrogen-bond donors (Lipinski definition) is 1. The summed E-state index contributed by atoms with van der Waals surface area (Å²) in [6.45, 7) is 6.25. The van der Waals surface area contributed by atoms with Crippen molar-refractivity contribution in [1.82, 2.24) is 19.6 Å². The number of carboxylic acids is 1. The van der Waals surface area contributed by atoms with Gasteiger partial charge in [-0.2, -0.15) is 5.10 Å². The molecule has 2 aromatic carbocycles. The summed E-state index contributed by atoms with van der Waals surface area (Å²) in [6.07, 6.45) is 3.07. The second kappa shape index (κ2) is 12.6. The van der Waals surface area contributed by atoms with E-state index in [1.165, 1.54) is 30.5 Å². The molecular formula is C37H41F3N4O6. The number of aromatic nitrogens is 2. The third-order valence-corrected chi connectivity index (χ3v) is 11.0. The molecule has 7 rings (SSSR count). The van der Waals surface area contributed by atoms with Crippen molar-refractivity contribution >= 4 is 17.8 Å². The molecule has 3 heterocycles. The first-order chi connectivity index (χ1) is 23.7. The summed E-state index contributed by atoms with van der Waals surface area (Å²) in [4.78, 5) is 43.1. The Morgan fingerprint density at radius 3 is 2.30 bits per heavy atom. The van der Waals surface area contributed by atoms with Crippen molar-refractivity contribution in [3.05, 3.63) is 77.4 Å². The predicted octanol–water partition coefficient (Wildman–Crippen LogP) is 5.75. The van der Waals surface area contributed by atoms with Crippen LogP contribution in [0.15, 0.2) is 54.9 Å².